The number of imidazole rings is 1. The number of aromatic amines is 1. The maximum Gasteiger partial charge on any atom is 0.321 e. The fourth-order valence-corrected chi connectivity index (χ4v) is 4.74. The van der Waals surface area contributed by atoms with Crippen LogP contribution < -0.4 is 5.32 Å². The summed E-state index contributed by atoms with van der Waals surface area (Å²) in [5.74, 6) is 1.07. The Morgan fingerprint density at radius 3 is 2.72 bits per heavy atom. The van der Waals surface area contributed by atoms with E-state index in [1.165, 1.54) is 0 Å². The Hall–Kier alpha value is -3.13. The number of hydrogen-bond donors (Lipinski definition) is 2. The molecule has 3 amide bonds. The highest BCUT2D eigenvalue weighted by Crippen LogP contribution is 2.29. The minimum absolute atomic E-state index is 0.134. The van der Waals surface area contributed by atoms with Crippen LogP contribution in [0.5, 0.6) is 0 Å². The van der Waals surface area contributed by atoms with Gasteiger partial charge in [0.25, 0.3) is 0 Å². The number of likely N-dealkylation sites (tertiary alicyclic amines) is 2. The highest BCUT2D eigenvalue weighted by Gasteiger charge is 2.35. The van der Waals surface area contributed by atoms with E-state index >= 15 is 0 Å². The number of aromatic nitrogens is 3. The first-order valence-electron chi connectivity index (χ1n) is 11.0. The lowest BCUT2D eigenvalue weighted by Crippen LogP contribution is -2.47. The van der Waals surface area contributed by atoms with Crippen molar-refractivity contribution >= 4 is 40.3 Å². The predicted molar refractivity (Wildman–Crippen MR) is 123 cm³/mol. The van der Waals surface area contributed by atoms with Gasteiger partial charge in [-0.3, -0.25) is 9.78 Å². The Morgan fingerprint density at radius 1 is 1.06 bits per heavy atom. The Balaban J connectivity index is 1.19. The van der Waals surface area contributed by atoms with Gasteiger partial charge in [0.05, 0.1) is 23.1 Å². The molecule has 0 radical (unpaired) electrons. The Labute approximate surface area is 191 Å². The minimum atomic E-state index is -0.181. The van der Waals surface area contributed by atoms with E-state index < -0.39 is 0 Å². The van der Waals surface area contributed by atoms with Gasteiger partial charge in [-0.1, -0.05) is 11.6 Å². The summed E-state index contributed by atoms with van der Waals surface area (Å²) in [5, 5.41) is 3.52. The number of carbonyl (C=O) groups is 2. The van der Waals surface area contributed by atoms with Crippen molar-refractivity contribution in [1.82, 2.24) is 24.8 Å². The van der Waals surface area contributed by atoms with Crippen LogP contribution in [0.1, 0.15) is 31.0 Å². The summed E-state index contributed by atoms with van der Waals surface area (Å²) in [6.45, 7) is 2.46. The molecule has 32 heavy (non-hydrogen) atoms. The van der Waals surface area contributed by atoms with E-state index in [1.807, 2.05) is 11.0 Å². The molecule has 0 bridgehead atoms. The SMILES string of the molecule is O=C(Nc1ccc(Cl)cc1)N1CCCC(C(=O)N2CCC(c3nc4ccncc4[nH]3)C2)C1. The van der Waals surface area contributed by atoms with Crippen LogP contribution in [-0.2, 0) is 4.79 Å². The number of H-pyrrole nitrogens is 1. The number of piperidine rings is 1. The van der Waals surface area contributed by atoms with Crippen LogP contribution >= 0.6 is 11.6 Å². The fourth-order valence-electron chi connectivity index (χ4n) is 4.61. The molecule has 3 aromatic rings. The first-order valence-corrected chi connectivity index (χ1v) is 11.3. The fraction of sp³-hybridized carbons (Fsp3) is 0.391. The second kappa shape index (κ2) is 8.78. The second-order valence-corrected chi connectivity index (χ2v) is 8.94. The van der Waals surface area contributed by atoms with E-state index in [9.17, 15) is 9.59 Å². The molecule has 4 heterocycles. The van der Waals surface area contributed by atoms with Gasteiger partial charge in [0.2, 0.25) is 5.91 Å². The number of fused-ring (bicyclic) bond motifs is 1. The Bertz CT molecular complexity index is 1100. The van der Waals surface area contributed by atoms with E-state index in [0.717, 1.165) is 36.1 Å². The van der Waals surface area contributed by atoms with Crippen molar-refractivity contribution in [3.05, 3.63) is 53.6 Å². The van der Waals surface area contributed by atoms with Crippen molar-refractivity contribution in [2.45, 2.75) is 25.2 Å². The summed E-state index contributed by atoms with van der Waals surface area (Å²) in [7, 11) is 0. The molecule has 2 atom stereocenters. The van der Waals surface area contributed by atoms with Gasteiger partial charge in [-0.2, -0.15) is 0 Å². The molecular weight excluding hydrogens is 428 g/mol. The van der Waals surface area contributed by atoms with Crippen molar-refractivity contribution in [3.63, 3.8) is 0 Å². The normalized spacial score (nSPS) is 21.2. The maximum atomic E-state index is 13.2. The zero-order valence-electron chi connectivity index (χ0n) is 17.6. The van der Waals surface area contributed by atoms with Crippen molar-refractivity contribution in [1.29, 1.82) is 0 Å². The molecule has 0 aliphatic carbocycles. The summed E-state index contributed by atoms with van der Waals surface area (Å²) >= 11 is 5.91. The second-order valence-electron chi connectivity index (χ2n) is 8.51. The van der Waals surface area contributed by atoms with E-state index in [0.29, 0.717) is 36.9 Å². The van der Waals surface area contributed by atoms with Gasteiger partial charge in [0.1, 0.15) is 5.82 Å². The highest BCUT2D eigenvalue weighted by molar-refractivity contribution is 6.30. The van der Waals surface area contributed by atoms with Gasteiger partial charge in [-0.15, -0.1) is 0 Å². The summed E-state index contributed by atoms with van der Waals surface area (Å²) in [6.07, 6.45) is 6.01. The van der Waals surface area contributed by atoms with E-state index in [2.05, 4.69) is 20.3 Å². The number of benzene rings is 1. The standard InChI is InChI=1S/C23H25ClN6O2/c24-17-3-5-18(6-4-17)26-23(32)30-10-1-2-16(14-30)22(31)29-11-8-15(13-29)21-27-19-7-9-25-12-20(19)28-21/h3-7,9,12,15-16H,1-2,8,10-11,13-14H2,(H,26,32)(H,27,28). The highest BCUT2D eigenvalue weighted by atomic mass is 35.5. The molecule has 0 spiro atoms. The smallest absolute Gasteiger partial charge is 0.321 e. The summed E-state index contributed by atoms with van der Waals surface area (Å²) < 4.78 is 0. The van der Waals surface area contributed by atoms with Gasteiger partial charge in [-0.25, -0.2) is 9.78 Å². The van der Waals surface area contributed by atoms with E-state index in [1.54, 1.807) is 41.6 Å². The zero-order chi connectivity index (χ0) is 22.1. The number of nitrogens with zero attached hydrogens (tertiary/aromatic N) is 4. The third-order valence-corrected chi connectivity index (χ3v) is 6.59. The van der Waals surface area contributed by atoms with Gasteiger partial charge >= 0.3 is 6.03 Å². The van der Waals surface area contributed by atoms with Gasteiger partial charge < -0.3 is 20.1 Å². The third kappa shape index (κ3) is 4.27. The number of pyridine rings is 1. The third-order valence-electron chi connectivity index (χ3n) is 6.34. The van der Waals surface area contributed by atoms with Crippen molar-refractivity contribution < 1.29 is 9.59 Å². The molecule has 5 rings (SSSR count). The number of nitrogens with one attached hydrogen (secondary N) is 2. The van der Waals surface area contributed by atoms with Crippen LogP contribution in [0.4, 0.5) is 10.5 Å². The molecule has 2 saturated heterocycles. The number of carbonyl (C=O) groups excluding carboxylic acids is 2. The molecule has 2 unspecified atom stereocenters. The number of urea groups is 1. The molecular formula is C23H25ClN6O2. The van der Waals surface area contributed by atoms with Crippen molar-refractivity contribution in [2.75, 3.05) is 31.5 Å². The first kappa shape index (κ1) is 20.8. The molecule has 9 heteroatoms. The molecule has 2 aromatic heterocycles. The molecule has 2 N–H and O–H groups in total. The lowest BCUT2D eigenvalue weighted by atomic mass is 9.97. The van der Waals surface area contributed by atoms with Gasteiger partial charge in [-0.05, 0) is 49.6 Å². The largest absolute Gasteiger partial charge is 0.342 e. The lowest BCUT2D eigenvalue weighted by molar-refractivity contribution is -0.135. The number of hydrogen-bond acceptors (Lipinski definition) is 4. The minimum Gasteiger partial charge on any atom is -0.342 e. The summed E-state index contributed by atoms with van der Waals surface area (Å²) in [6, 6.07) is 8.72. The summed E-state index contributed by atoms with van der Waals surface area (Å²) in [5.41, 5.74) is 2.51. The first-order chi connectivity index (χ1) is 15.6. The maximum absolute atomic E-state index is 13.2. The molecule has 2 aliphatic rings. The molecule has 0 saturated carbocycles. The molecule has 1 aromatic carbocycles. The van der Waals surface area contributed by atoms with Gasteiger partial charge in [0, 0.05) is 49.0 Å². The average Bonchev–Trinajstić information content (AvgIpc) is 3.47. The Kier molecular flexibility index (Phi) is 5.70. The summed E-state index contributed by atoms with van der Waals surface area (Å²) in [4.78, 5) is 41.8. The predicted octanol–water partition coefficient (Wildman–Crippen LogP) is 3.87. The molecule has 8 nitrogen and oxygen atoms in total. The van der Waals surface area contributed by atoms with Crippen molar-refractivity contribution in [3.8, 4) is 0 Å². The number of halogens is 1. The van der Waals surface area contributed by atoms with Crippen LogP contribution in [0, 0.1) is 5.92 Å². The van der Waals surface area contributed by atoms with Crippen molar-refractivity contribution in [2.24, 2.45) is 5.92 Å². The Morgan fingerprint density at radius 2 is 1.91 bits per heavy atom. The van der Waals surface area contributed by atoms with Crippen LogP contribution in [-0.4, -0.2) is 62.9 Å². The van der Waals surface area contributed by atoms with Crippen LogP contribution in [0.3, 0.4) is 0 Å². The van der Waals surface area contributed by atoms with Crippen LogP contribution in [0.15, 0.2) is 42.7 Å². The lowest BCUT2D eigenvalue weighted by Gasteiger charge is -2.34. The van der Waals surface area contributed by atoms with E-state index in [4.69, 9.17) is 11.6 Å². The van der Waals surface area contributed by atoms with Crippen LogP contribution in [0.25, 0.3) is 11.0 Å². The molecule has 166 valence electrons. The monoisotopic (exact) mass is 452 g/mol. The van der Waals surface area contributed by atoms with Crippen LogP contribution in [0.2, 0.25) is 5.02 Å². The number of rotatable bonds is 3. The molecule has 2 aliphatic heterocycles. The van der Waals surface area contributed by atoms with E-state index in [-0.39, 0.29) is 23.8 Å². The number of anilines is 1. The number of amides is 3. The molecule has 2 fully saturated rings. The topological polar surface area (TPSA) is 94.2 Å². The zero-order valence-corrected chi connectivity index (χ0v) is 18.4. The quantitative estimate of drug-likeness (QED) is 0.630. The van der Waals surface area contributed by atoms with Gasteiger partial charge in [0.15, 0.2) is 0 Å². The average molecular weight is 453 g/mol.